The van der Waals surface area contributed by atoms with Crippen LogP contribution >= 0.6 is 0 Å². The molecule has 1 fully saturated rings. The van der Waals surface area contributed by atoms with E-state index in [2.05, 4.69) is 42.0 Å². The van der Waals surface area contributed by atoms with Crippen molar-refractivity contribution in [1.29, 1.82) is 0 Å². The van der Waals surface area contributed by atoms with Crippen LogP contribution in [0.5, 0.6) is 5.88 Å². The smallest absolute Gasteiger partial charge is 0.221 e. The second kappa shape index (κ2) is 7.17. The highest BCUT2D eigenvalue weighted by Gasteiger charge is 2.28. The summed E-state index contributed by atoms with van der Waals surface area (Å²) in [6.07, 6.45) is 9.91. The average molecular weight is 399 g/mol. The van der Waals surface area contributed by atoms with E-state index in [9.17, 15) is 0 Å². The second-order valence-corrected chi connectivity index (χ2v) is 8.06. The predicted octanol–water partition coefficient (Wildman–Crippen LogP) is 6.04. The maximum Gasteiger partial charge on any atom is 0.221 e. The van der Waals surface area contributed by atoms with Crippen LogP contribution in [0.1, 0.15) is 49.6 Å². The van der Waals surface area contributed by atoms with Gasteiger partial charge in [0.25, 0.3) is 0 Å². The summed E-state index contributed by atoms with van der Waals surface area (Å²) in [6, 6.07) is 6.39. The van der Waals surface area contributed by atoms with Crippen LogP contribution in [-0.2, 0) is 4.74 Å². The molecule has 3 aromatic rings. The van der Waals surface area contributed by atoms with Crippen LogP contribution in [0.25, 0.3) is 27.7 Å². The summed E-state index contributed by atoms with van der Waals surface area (Å²) >= 11 is 0. The molecule has 1 aliphatic heterocycles. The zero-order valence-corrected chi connectivity index (χ0v) is 17.7. The van der Waals surface area contributed by atoms with E-state index in [0.717, 1.165) is 56.0 Å². The minimum atomic E-state index is 0.540. The fraction of sp³-hybridized carbons (Fsp3) is 0.280. The van der Waals surface area contributed by atoms with Gasteiger partial charge in [0.05, 0.1) is 24.4 Å². The number of aromatic nitrogens is 3. The summed E-state index contributed by atoms with van der Waals surface area (Å²) in [6.45, 7) is 6.20. The zero-order chi connectivity index (χ0) is 20.8. The number of hydrogen-bond donors (Lipinski definition) is 1. The lowest BCUT2D eigenvalue weighted by Crippen LogP contribution is -1.97. The Morgan fingerprint density at radius 3 is 2.77 bits per heavy atom. The van der Waals surface area contributed by atoms with E-state index in [1.165, 1.54) is 12.8 Å². The summed E-state index contributed by atoms with van der Waals surface area (Å²) < 4.78 is 11.4. The summed E-state index contributed by atoms with van der Waals surface area (Å²) in [5.74, 6) is 3.10. The lowest BCUT2D eigenvalue weighted by Gasteiger charge is -2.15. The first kappa shape index (κ1) is 18.7. The highest BCUT2D eigenvalue weighted by atomic mass is 16.5. The number of imidazole rings is 1. The number of hydrogen-bond acceptors (Lipinski definition) is 4. The van der Waals surface area contributed by atoms with Crippen molar-refractivity contribution in [3.05, 3.63) is 71.1 Å². The third-order valence-corrected chi connectivity index (χ3v) is 5.86. The predicted molar refractivity (Wildman–Crippen MR) is 119 cm³/mol. The number of methoxy groups -OCH3 is 1. The van der Waals surface area contributed by atoms with Crippen molar-refractivity contribution in [2.24, 2.45) is 0 Å². The van der Waals surface area contributed by atoms with Crippen molar-refractivity contribution in [2.75, 3.05) is 7.11 Å². The Morgan fingerprint density at radius 1 is 1.17 bits per heavy atom. The molecule has 0 spiro atoms. The molecule has 0 bridgehead atoms. The maximum atomic E-state index is 5.80. The number of nitrogens with zero attached hydrogens (tertiary/aromatic N) is 2. The monoisotopic (exact) mass is 399 g/mol. The minimum absolute atomic E-state index is 0.540. The molecule has 0 saturated heterocycles. The van der Waals surface area contributed by atoms with Gasteiger partial charge in [-0.3, -0.25) is 0 Å². The molecule has 5 rings (SSSR count). The van der Waals surface area contributed by atoms with E-state index in [4.69, 9.17) is 14.5 Å². The van der Waals surface area contributed by atoms with Crippen LogP contribution in [0.15, 0.2) is 54.1 Å². The first-order chi connectivity index (χ1) is 14.6. The second-order valence-electron chi connectivity index (χ2n) is 8.06. The first-order valence-electron chi connectivity index (χ1n) is 10.3. The molecule has 152 valence electrons. The number of ether oxygens (including phenoxy) is 2. The van der Waals surface area contributed by atoms with Gasteiger partial charge in [-0.1, -0.05) is 6.08 Å². The lowest BCUT2D eigenvalue weighted by atomic mass is 9.92. The number of rotatable bonds is 4. The fourth-order valence-corrected chi connectivity index (χ4v) is 4.21. The molecular weight excluding hydrogens is 374 g/mol. The Balaban J connectivity index is 1.82. The van der Waals surface area contributed by atoms with Crippen molar-refractivity contribution in [3.63, 3.8) is 0 Å². The molecule has 5 nitrogen and oxygen atoms in total. The molecule has 1 aliphatic carbocycles. The minimum Gasteiger partial charge on any atom is -0.481 e. The van der Waals surface area contributed by atoms with Crippen LogP contribution < -0.4 is 4.74 Å². The first-order valence-corrected chi connectivity index (χ1v) is 10.3. The van der Waals surface area contributed by atoms with Crippen molar-refractivity contribution in [1.82, 2.24) is 15.0 Å². The lowest BCUT2D eigenvalue weighted by molar-refractivity contribution is 0.357. The summed E-state index contributed by atoms with van der Waals surface area (Å²) in [5, 5.41) is 0. The van der Waals surface area contributed by atoms with Gasteiger partial charge in [-0.05, 0) is 74.6 Å². The molecule has 1 N–H and O–H groups in total. The Labute approximate surface area is 176 Å². The fourth-order valence-electron chi connectivity index (χ4n) is 4.21. The van der Waals surface area contributed by atoms with Gasteiger partial charge in [0.2, 0.25) is 5.88 Å². The van der Waals surface area contributed by atoms with E-state index >= 15 is 0 Å². The molecule has 30 heavy (non-hydrogen) atoms. The molecule has 5 heteroatoms. The van der Waals surface area contributed by atoms with Crippen LogP contribution in [0.4, 0.5) is 0 Å². The van der Waals surface area contributed by atoms with Gasteiger partial charge in [0.1, 0.15) is 11.6 Å². The number of H-pyrrole nitrogens is 1. The number of allylic oxidation sites excluding steroid dienone is 5. The van der Waals surface area contributed by atoms with Gasteiger partial charge in [-0.2, -0.15) is 0 Å². The van der Waals surface area contributed by atoms with Gasteiger partial charge in [0.15, 0.2) is 0 Å². The largest absolute Gasteiger partial charge is 0.481 e. The van der Waals surface area contributed by atoms with Crippen molar-refractivity contribution >= 4 is 16.6 Å². The number of nitrogens with one attached hydrogen (secondary N) is 1. The Bertz CT molecular complexity index is 1240. The van der Waals surface area contributed by atoms with Gasteiger partial charge in [0, 0.05) is 28.8 Å². The third-order valence-electron chi connectivity index (χ3n) is 5.86. The molecule has 0 amide bonds. The highest BCUT2D eigenvalue weighted by molar-refractivity contribution is 5.98. The van der Waals surface area contributed by atoms with Crippen LogP contribution in [0.2, 0.25) is 0 Å². The van der Waals surface area contributed by atoms with Gasteiger partial charge in [-0.25, -0.2) is 9.97 Å². The molecule has 0 radical (unpaired) electrons. The molecular formula is C25H25N3O2. The van der Waals surface area contributed by atoms with Crippen molar-refractivity contribution in [3.8, 4) is 17.0 Å². The number of aromatic amines is 1. The highest BCUT2D eigenvalue weighted by Crippen LogP contribution is 2.43. The Kier molecular flexibility index (Phi) is 4.46. The number of benzene rings is 1. The molecule has 2 aromatic heterocycles. The standard InChI is InChI=1S/C25H25N3O2/c1-14-6-5-11-30-16(3)21(14)18-12-19(22-15(2)9-10-26-25(22)29-4)23-20(13-18)27-24(28-23)17-7-8-17/h5-6,9-13,17H,7-8H2,1-4H3,(H,27,28). The molecule has 2 aliphatic rings. The quantitative estimate of drug-likeness (QED) is 0.581. The summed E-state index contributed by atoms with van der Waals surface area (Å²) in [4.78, 5) is 13.0. The normalized spacial score (nSPS) is 16.5. The topological polar surface area (TPSA) is 60.0 Å². The van der Waals surface area contributed by atoms with E-state index in [0.29, 0.717) is 11.8 Å². The van der Waals surface area contributed by atoms with E-state index in [-0.39, 0.29) is 0 Å². The molecule has 0 unspecified atom stereocenters. The molecule has 1 saturated carbocycles. The number of aryl methyl sites for hydroxylation is 1. The molecule has 0 atom stereocenters. The van der Waals surface area contributed by atoms with E-state index < -0.39 is 0 Å². The van der Waals surface area contributed by atoms with Gasteiger partial charge in [-0.15, -0.1) is 0 Å². The van der Waals surface area contributed by atoms with Crippen LogP contribution in [0.3, 0.4) is 0 Å². The van der Waals surface area contributed by atoms with Crippen LogP contribution in [0, 0.1) is 6.92 Å². The third kappa shape index (κ3) is 3.11. The Hall–Kier alpha value is -3.34. The van der Waals surface area contributed by atoms with Crippen molar-refractivity contribution in [2.45, 2.75) is 39.5 Å². The van der Waals surface area contributed by atoms with E-state index in [1.807, 2.05) is 19.1 Å². The summed E-state index contributed by atoms with van der Waals surface area (Å²) in [7, 11) is 1.66. The number of fused-ring (bicyclic) bond motifs is 1. The maximum absolute atomic E-state index is 5.80. The molecule has 1 aromatic carbocycles. The molecule has 3 heterocycles. The van der Waals surface area contributed by atoms with E-state index in [1.54, 1.807) is 19.6 Å². The average Bonchev–Trinajstić information content (AvgIpc) is 3.51. The van der Waals surface area contributed by atoms with Gasteiger partial charge < -0.3 is 14.5 Å². The zero-order valence-electron chi connectivity index (χ0n) is 17.7. The Morgan fingerprint density at radius 2 is 2.00 bits per heavy atom. The van der Waals surface area contributed by atoms with Crippen LogP contribution in [-0.4, -0.2) is 22.1 Å². The summed E-state index contributed by atoms with van der Waals surface area (Å²) in [5.41, 5.74) is 8.43. The van der Waals surface area contributed by atoms with Gasteiger partial charge >= 0.3 is 0 Å². The number of pyridine rings is 1. The SMILES string of the molecule is COc1nccc(C)c1-c1cc(C2=C(C)OC=CC=C2C)cc2[nH]c(C3CC3)nc12. The van der Waals surface area contributed by atoms with Crippen molar-refractivity contribution < 1.29 is 9.47 Å².